The standard InChI is InChI=1S/C12H18N2O3S/c1-13-8-9-14(2)12(15)10-4-6-11(7-5-10)18(3,16)17/h4-7,13H,8-9H2,1-3H3. The van der Waals surface area contributed by atoms with Crippen LogP contribution in [0.15, 0.2) is 29.2 Å². The largest absolute Gasteiger partial charge is 0.340 e. The number of carbonyl (C=O) groups excluding carboxylic acids is 1. The fourth-order valence-electron chi connectivity index (χ4n) is 1.45. The van der Waals surface area contributed by atoms with Gasteiger partial charge in [0.1, 0.15) is 0 Å². The van der Waals surface area contributed by atoms with Gasteiger partial charge in [-0.1, -0.05) is 0 Å². The highest BCUT2D eigenvalue weighted by Gasteiger charge is 2.12. The van der Waals surface area contributed by atoms with E-state index in [0.29, 0.717) is 18.7 Å². The molecule has 0 fully saturated rings. The highest BCUT2D eigenvalue weighted by atomic mass is 32.2. The van der Waals surface area contributed by atoms with E-state index in [4.69, 9.17) is 0 Å². The van der Waals surface area contributed by atoms with Crippen molar-refractivity contribution in [3.05, 3.63) is 29.8 Å². The highest BCUT2D eigenvalue weighted by molar-refractivity contribution is 7.90. The maximum atomic E-state index is 12.0. The number of benzene rings is 1. The third kappa shape index (κ3) is 3.82. The third-order valence-electron chi connectivity index (χ3n) is 2.57. The first-order valence-corrected chi connectivity index (χ1v) is 7.45. The summed E-state index contributed by atoms with van der Waals surface area (Å²) in [5.74, 6) is -0.120. The second kappa shape index (κ2) is 5.97. The maximum absolute atomic E-state index is 12.0. The topological polar surface area (TPSA) is 66.5 Å². The van der Waals surface area contributed by atoms with Crippen LogP contribution in [0, 0.1) is 0 Å². The summed E-state index contributed by atoms with van der Waals surface area (Å²) >= 11 is 0. The SMILES string of the molecule is CNCCN(C)C(=O)c1ccc(S(C)(=O)=O)cc1. The van der Waals surface area contributed by atoms with Gasteiger partial charge in [-0.3, -0.25) is 4.79 Å². The van der Waals surface area contributed by atoms with E-state index in [1.165, 1.54) is 24.3 Å². The van der Waals surface area contributed by atoms with E-state index in [9.17, 15) is 13.2 Å². The molecule has 0 radical (unpaired) electrons. The van der Waals surface area contributed by atoms with Gasteiger partial charge < -0.3 is 10.2 Å². The zero-order valence-corrected chi connectivity index (χ0v) is 11.6. The number of hydrogen-bond donors (Lipinski definition) is 1. The second-order valence-corrected chi connectivity index (χ2v) is 6.14. The summed E-state index contributed by atoms with van der Waals surface area (Å²) in [5, 5.41) is 2.96. The molecule has 0 unspecified atom stereocenters. The van der Waals surface area contributed by atoms with E-state index in [0.717, 1.165) is 6.26 Å². The number of nitrogens with zero attached hydrogens (tertiary/aromatic N) is 1. The monoisotopic (exact) mass is 270 g/mol. The average Bonchev–Trinajstić information content (AvgIpc) is 2.34. The first kappa shape index (κ1) is 14.7. The van der Waals surface area contributed by atoms with E-state index in [1.807, 2.05) is 7.05 Å². The molecule has 0 aliphatic rings. The van der Waals surface area contributed by atoms with Gasteiger partial charge in [-0.05, 0) is 31.3 Å². The van der Waals surface area contributed by atoms with Gasteiger partial charge in [-0.25, -0.2) is 8.42 Å². The molecule has 1 aromatic carbocycles. The Morgan fingerprint density at radius 2 is 1.83 bits per heavy atom. The molecular formula is C12H18N2O3S. The summed E-state index contributed by atoms with van der Waals surface area (Å²) in [6, 6.07) is 5.98. The predicted octanol–water partition coefficient (Wildman–Crippen LogP) is 0.382. The molecule has 100 valence electrons. The van der Waals surface area contributed by atoms with Crippen molar-refractivity contribution in [2.45, 2.75) is 4.90 Å². The highest BCUT2D eigenvalue weighted by Crippen LogP contribution is 2.11. The minimum atomic E-state index is -3.21. The molecule has 0 spiro atoms. The molecule has 18 heavy (non-hydrogen) atoms. The van der Waals surface area contributed by atoms with Crippen molar-refractivity contribution in [1.29, 1.82) is 0 Å². The molecular weight excluding hydrogens is 252 g/mol. The van der Waals surface area contributed by atoms with E-state index in [-0.39, 0.29) is 10.8 Å². The fraction of sp³-hybridized carbons (Fsp3) is 0.417. The zero-order chi connectivity index (χ0) is 13.8. The molecule has 0 aliphatic heterocycles. The molecule has 0 saturated heterocycles. The van der Waals surface area contributed by atoms with Crippen LogP contribution in [0.25, 0.3) is 0 Å². The van der Waals surface area contributed by atoms with Crippen LogP contribution in [0.2, 0.25) is 0 Å². The number of likely N-dealkylation sites (N-methyl/N-ethyl adjacent to an activating group) is 2. The lowest BCUT2D eigenvalue weighted by atomic mass is 10.2. The van der Waals surface area contributed by atoms with Crippen molar-refractivity contribution < 1.29 is 13.2 Å². The molecule has 6 heteroatoms. The van der Waals surface area contributed by atoms with Crippen LogP contribution in [0.4, 0.5) is 0 Å². The molecule has 5 nitrogen and oxygen atoms in total. The Labute approximate surface area is 108 Å². The lowest BCUT2D eigenvalue weighted by Gasteiger charge is -2.16. The molecule has 1 amide bonds. The quantitative estimate of drug-likeness (QED) is 0.840. The normalized spacial score (nSPS) is 11.3. The Morgan fingerprint density at radius 3 is 2.28 bits per heavy atom. The molecule has 0 bridgehead atoms. The molecule has 0 saturated carbocycles. The predicted molar refractivity (Wildman–Crippen MR) is 70.4 cm³/mol. The Hall–Kier alpha value is -1.40. The van der Waals surface area contributed by atoms with Crippen molar-refractivity contribution in [2.75, 3.05) is 33.4 Å². The summed E-state index contributed by atoms with van der Waals surface area (Å²) in [6.45, 7) is 1.31. The zero-order valence-electron chi connectivity index (χ0n) is 10.8. The molecule has 0 heterocycles. The molecule has 1 N–H and O–H groups in total. The summed E-state index contributed by atoms with van der Waals surface area (Å²) in [4.78, 5) is 13.8. The van der Waals surface area contributed by atoms with E-state index in [2.05, 4.69) is 5.32 Å². The number of carbonyl (C=O) groups is 1. The molecule has 0 atom stereocenters. The van der Waals surface area contributed by atoms with Crippen LogP contribution in [0.5, 0.6) is 0 Å². The lowest BCUT2D eigenvalue weighted by Crippen LogP contribution is -2.32. The smallest absolute Gasteiger partial charge is 0.253 e. The fourth-order valence-corrected chi connectivity index (χ4v) is 2.08. The van der Waals surface area contributed by atoms with Crippen LogP contribution in [-0.4, -0.2) is 52.7 Å². The van der Waals surface area contributed by atoms with Gasteiger partial charge in [0.2, 0.25) is 0 Å². The second-order valence-electron chi connectivity index (χ2n) is 4.13. The van der Waals surface area contributed by atoms with Gasteiger partial charge in [0.15, 0.2) is 9.84 Å². The van der Waals surface area contributed by atoms with E-state index < -0.39 is 9.84 Å². The van der Waals surface area contributed by atoms with Crippen molar-refractivity contribution in [3.63, 3.8) is 0 Å². The van der Waals surface area contributed by atoms with Gasteiger partial charge >= 0.3 is 0 Å². The molecule has 0 aromatic heterocycles. The first-order valence-electron chi connectivity index (χ1n) is 5.56. The van der Waals surface area contributed by atoms with E-state index in [1.54, 1.807) is 11.9 Å². The third-order valence-corrected chi connectivity index (χ3v) is 3.70. The number of nitrogens with one attached hydrogen (secondary N) is 1. The van der Waals surface area contributed by atoms with Crippen LogP contribution >= 0.6 is 0 Å². The van der Waals surface area contributed by atoms with Crippen molar-refractivity contribution in [1.82, 2.24) is 10.2 Å². The maximum Gasteiger partial charge on any atom is 0.253 e. The van der Waals surface area contributed by atoms with Gasteiger partial charge in [0, 0.05) is 32.0 Å². The summed E-state index contributed by atoms with van der Waals surface area (Å²) in [5.41, 5.74) is 0.487. The Kier molecular flexibility index (Phi) is 4.86. The van der Waals surface area contributed by atoms with Crippen LogP contribution in [0.1, 0.15) is 10.4 Å². The minimum absolute atomic E-state index is 0.120. The van der Waals surface area contributed by atoms with Gasteiger partial charge in [-0.2, -0.15) is 0 Å². The van der Waals surface area contributed by atoms with E-state index >= 15 is 0 Å². The van der Waals surface area contributed by atoms with Crippen LogP contribution in [0.3, 0.4) is 0 Å². The Bertz CT molecular complexity index is 509. The Balaban J connectivity index is 2.82. The molecule has 0 aliphatic carbocycles. The lowest BCUT2D eigenvalue weighted by molar-refractivity contribution is 0.0797. The number of amides is 1. The van der Waals surface area contributed by atoms with Crippen LogP contribution < -0.4 is 5.32 Å². The summed E-state index contributed by atoms with van der Waals surface area (Å²) in [7, 11) is 0.317. The van der Waals surface area contributed by atoms with Gasteiger partial charge in [-0.15, -0.1) is 0 Å². The number of rotatable bonds is 5. The van der Waals surface area contributed by atoms with Crippen molar-refractivity contribution >= 4 is 15.7 Å². The van der Waals surface area contributed by atoms with Gasteiger partial charge in [0.05, 0.1) is 4.90 Å². The van der Waals surface area contributed by atoms with Crippen LogP contribution in [-0.2, 0) is 9.84 Å². The summed E-state index contributed by atoms with van der Waals surface area (Å²) < 4.78 is 22.6. The van der Waals surface area contributed by atoms with Gasteiger partial charge in [0.25, 0.3) is 5.91 Å². The summed E-state index contributed by atoms with van der Waals surface area (Å²) in [6.07, 6.45) is 1.14. The number of hydrogen-bond acceptors (Lipinski definition) is 4. The minimum Gasteiger partial charge on any atom is -0.340 e. The average molecular weight is 270 g/mol. The van der Waals surface area contributed by atoms with Crippen molar-refractivity contribution in [3.8, 4) is 0 Å². The Morgan fingerprint density at radius 1 is 1.28 bits per heavy atom. The number of sulfone groups is 1. The first-order chi connectivity index (χ1) is 8.36. The molecule has 1 rings (SSSR count). The van der Waals surface area contributed by atoms with Crippen molar-refractivity contribution in [2.24, 2.45) is 0 Å². The molecule has 1 aromatic rings.